The van der Waals surface area contributed by atoms with Crippen molar-refractivity contribution in [3.8, 4) is 0 Å². The molecule has 3 rings (SSSR count). The molecule has 1 N–H and O–H groups in total. The van der Waals surface area contributed by atoms with E-state index in [-0.39, 0.29) is 5.91 Å². The number of hydrogen-bond donors (Lipinski definition) is 1. The molecule has 0 aromatic rings. The van der Waals surface area contributed by atoms with E-state index in [9.17, 15) is 4.79 Å². The number of carbonyl (C=O) groups excluding carboxylic acids is 1. The average Bonchev–Trinajstić information content (AvgIpc) is 2.99. The standard InChI is InChI=1S/C17H30N2O2/c1-3-21-16-12-15(17(16)8-4-5-9-17)18-14-6-10-19(11-7-14)13(2)20/h14-16,18H,3-12H2,1-2H3/t15-,16+/m1/s1. The van der Waals surface area contributed by atoms with Gasteiger partial charge in [0.1, 0.15) is 0 Å². The number of nitrogens with one attached hydrogen (secondary N) is 1. The number of likely N-dealkylation sites (tertiary alicyclic amines) is 1. The quantitative estimate of drug-likeness (QED) is 0.865. The molecule has 1 aliphatic heterocycles. The Morgan fingerprint density at radius 2 is 1.95 bits per heavy atom. The molecule has 2 aliphatic carbocycles. The maximum atomic E-state index is 11.4. The van der Waals surface area contributed by atoms with Gasteiger partial charge in [-0.05, 0) is 39.0 Å². The van der Waals surface area contributed by atoms with E-state index in [1.807, 2.05) is 4.90 Å². The smallest absolute Gasteiger partial charge is 0.219 e. The molecule has 3 aliphatic rings. The molecule has 2 atom stereocenters. The van der Waals surface area contributed by atoms with Gasteiger partial charge < -0.3 is 15.0 Å². The second-order valence-electron chi connectivity index (χ2n) is 7.12. The van der Waals surface area contributed by atoms with Crippen LogP contribution < -0.4 is 5.32 Å². The zero-order chi connectivity index (χ0) is 14.9. The van der Waals surface area contributed by atoms with Gasteiger partial charge in [-0.15, -0.1) is 0 Å². The fraction of sp³-hybridized carbons (Fsp3) is 0.941. The lowest BCUT2D eigenvalue weighted by Crippen LogP contribution is -2.65. The van der Waals surface area contributed by atoms with E-state index in [0.717, 1.165) is 32.5 Å². The fourth-order valence-corrected chi connectivity index (χ4v) is 4.77. The van der Waals surface area contributed by atoms with Crippen molar-refractivity contribution in [3.05, 3.63) is 0 Å². The predicted octanol–water partition coefficient (Wildman–Crippen LogP) is 2.32. The number of carbonyl (C=O) groups is 1. The zero-order valence-electron chi connectivity index (χ0n) is 13.6. The molecule has 4 nitrogen and oxygen atoms in total. The van der Waals surface area contributed by atoms with Crippen LogP contribution in [0.5, 0.6) is 0 Å². The normalized spacial score (nSPS) is 32.4. The van der Waals surface area contributed by atoms with Gasteiger partial charge in [0.05, 0.1) is 6.10 Å². The first-order chi connectivity index (χ1) is 10.2. The van der Waals surface area contributed by atoms with Crippen molar-refractivity contribution in [2.24, 2.45) is 5.41 Å². The Hall–Kier alpha value is -0.610. The van der Waals surface area contributed by atoms with Gasteiger partial charge in [-0.3, -0.25) is 4.79 Å². The number of hydrogen-bond acceptors (Lipinski definition) is 3. The van der Waals surface area contributed by atoms with Gasteiger partial charge in [-0.2, -0.15) is 0 Å². The lowest BCUT2D eigenvalue weighted by atomic mass is 9.60. The Kier molecular flexibility index (Phi) is 4.55. The van der Waals surface area contributed by atoms with E-state index in [0.29, 0.717) is 23.6 Å². The van der Waals surface area contributed by atoms with E-state index < -0.39 is 0 Å². The van der Waals surface area contributed by atoms with E-state index in [2.05, 4.69) is 12.2 Å². The first kappa shape index (κ1) is 15.3. The molecule has 0 radical (unpaired) electrons. The minimum atomic E-state index is 0.223. The minimum Gasteiger partial charge on any atom is -0.378 e. The average molecular weight is 294 g/mol. The van der Waals surface area contributed by atoms with Crippen LogP contribution in [0, 0.1) is 5.41 Å². The first-order valence-corrected chi connectivity index (χ1v) is 8.79. The van der Waals surface area contributed by atoms with Crippen LogP contribution in [0.4, 0.5) is 0 Å². The summed E-state index contributed by atoms with van der Waals surface area (Å²) in [6.45, 7) is 6.47. The zero-order valence-corrected chi connectivity index (χ0v) is 13.6. The van der Waals surface area contributed by atoms with Crippen molar-refractivity contribution in [2.75, 3.05) is 19.7 Å². The lowest BCUT2D eigenvalue weighted by molar-refractivity contribution is -0.135. The van der Waals surface area contributed by atoms with Crippen molar-refractivity contribution >= 4 is 5.91 Å². The second-order valence-corrected chi connectivity index (χ2v) is 7.12. The number of nitrogens with zero attached hydrogens (tertiary/aromatic N) is 1. The van der Waals surface area contributed by atoms with Crippen LogP contribution in [0.2, 0.25) is 0 Å². The molecule has 1 amide bonds. The minimum absolute atomic E-state index is 0.223. The Morgan fingerprint density at radius 3 is 2.52 bits per heavy atom. The predicted molar refractivity (Wildman–Crippen MR) is 83.1 cm³/mol. The van der Waals surface area contributed by atoms with Gasteiger partial charge in [0, 0.05) is 44.1 Å². The Bertz CT molecular complexity index is 371. The second kappa shape index (κ2) is 6.25. The van der Waals surface area contributed by atoms with Crippen molar-refractivity contribution in [3.63, 3.8) is 0 Å². The highest BCUT2D eigenvalue weighted by Crippen LogP contribution is 2.55. The summed E-state index contributed by atoms with van der Waals surface area (Å²) in [5.74, 6) is 0.223. The number of ether oxygens (including phenoxy) is 1. The fourth-order valence-electron chi connectivity index (χ4n) is 4.77. The third-order valence-electron chi connectivity index (χ3n) is 6.06. The highest BCUT2D eigenvalue weighted by Gasteiger charge is 2.56. The largest absolute Gasteiger partial charge is 0.378 e. The maximum Gasteiger partial charge on any atom is 0.219 e. The van der Waals surface area contributed by atoms with Crippen LogP contribution in [0.15, 0.2) is 0 Å². The van der Waals surface area contributed by atoms with Crippen LogP contribution in [0.25, 0.3) is 0 Å². The first-order valence-electron chi connectivity index (χ1n) is 8.79. The molecule has 120 valence electrons. The third kappa shape index (κ3) is 2.85. The molecule has 3 fully saturated rings. The summed E-state index contributed by atoms with van der Waals surface area (Å²) < 4.78 is 5.99. The number of rotatable bonds is 4. The summed E-state index contributed by atoms with van der Waals surface area (Å²) in [7, 11) is 0. The van der Waals surface area contributed by atoms with Crippen molar-refractivity contribution in [1.82, 2.24) is 10.2 Å². The molecular formula is C17H30N2O2. The Balaban J connectivity index is 1.53. The van der Waals surface area contributed by atoms with E-state index in [1.165, 1.54) is 32.1 Å². The van der Waals surface area contributed by atoms with Gasteiger partial charge >= 0.3 is 0 Å². The van der Waals surface area contributed by atoms with Crippen LogP contribution in [-0.4, -0.2) is 48.7 Å². The summed E-state index contributed by atoms with van der Waals surface area (Å²) in [6, 6.07) is 1.23. The van der Waals surface area contributed by atoms with Gasteiger partial charge in [-0.25, -0.2) is 0 Å². The molecule has 0 aromatic carbocycles. The van der Waals surface area contributed by atoms with Crippen LogP contribution >= 0.6 is 0 Å². The highest BCUT2D eigenvalue weighted by molar-refractivity contribution is 5.73. The molecule has 0 bridgehead atoms. The maximum absolute atomic E-state index is 11.4. The van der Waals surface area contributed by atoms with Gasteiger partial charge in [-0.1, -0.05) is 12.8 Å². The molecule has 2 saturated carbocycles. The highest BCUT2D eigenvalue weighted by atomic mass is 16.5. The van der Waals surface area contributed by atoms with Crippen LogP contribution in [-0.2, 0) is 9.53 Å². The van der Waals surface area contributed by atoms with Crippen molar-refractivity contribution in [2.45, 2.75) is 77.0 Å². The van der Waals surface area contributed by atoms with E-state index >= 15 is 0 Å². The summed E-state index contributed by atoms with van der Waals surface area (Å²) in [4.78, 5) is 13.4. The van der Waals surface area contributed by atoms with Crippen LogP contribution in [0.1, 0.15) is 58.8 Å². The van der Waals surface area contributed by atoms with E-state index in [4.69, 9.17) is 4.74 Å². The topological polar surface area (TPSA) is 41.6 Å². The Labute approximate surface area is 128 Å². The number of amides is 1. The van der Waals surface area contributed by atoms with E-state index in [1.54, 1.807) is 6.92 Å². The molecule has 1 saturated heterocycles. The molecule has 4 heteroatoms. The summed E-state index contributed by atoms with van der Waals surface area (Å²) in [5, 5.41) is 3.92. The van der Waals surface area contributed by atoms with Gasteiger partial charge in [0.2, 0.25) is 5.91 Å². The Morgan fingerprint density at radius 1 is 1.29 bits per heavy atom. The molecule has 0 unspecified atom stereocenters. The monoisotopic (exact) mass is 294 g/mol. The molecular weight excluding hydrogens is 264 g/mol. The summed E-state index contributed by atoms with van der Waals surface area (Å²) in [5.41, 5.74) is 0.424. The SMILES string of the molecule is CCO[C@H]1C[C@@H](NC2CCN(C(C)=O)CC2)C12CCCC2. The van der Waals surface area contributed by atoms with Crippen LogP contribution in [0.3, 0.4) is 0 Å². The van der Waals surface area contributed by atoms with Gasteiger partial charge in [0.25, 0.3) is 0 Å². The lowest BCUT2D eigenvalue weighted by Gasteiger charge is -2.55. The number of piperidine rings is 1. The molecule has 1 heterocycles. The van der Waals surface area contributed by atoms with Crippen molar-refractivity contribution in [1.29, 1.82) is 0 Å². The van der Waals surface area contributed by atoms with Gasteiger partial charge in [0.15, 0.2) is 0 Å². The summed E-state index contributed by atoms with van der Waals surface area (Å²) >= 11 is 0. The molecule has 21 heavy (non-hydrogen) atoms. The molecule has 0 aromatic heterocycles. The summed E-state index contributed by atoms with van der Waals surface area (Å²) in [6.07, 6.45) is 9.27. The molecule has 1 spiro atoms. The van der Waals surface area contributed by atoms with Crippen molar-refractivity contribution < 1.29 is 9.53 Å². The third-order valence-corrected chi connectivity index (χ3v) is 6.06.